The summed E-state index contributed by atoms with van der Waals surface area (Å²) in [5, 5.41) is 14.5. The van der Waals surface area contributed by atoms with Crippen molar-refractivity contribution < 1.29 is 14.7 Å². The predicted octanol–water partition coefficient (Wildman–Crippen LogP) is 2.02. The quantitative estimate of drug-likeness (QED) is 0.787. The summed E-state index contributed by atoms with van der Waals surface area (Å²) in [5.41, 5.74) is -1.19. The van der Waals surface area contributed by atoms with Gasteiger partial charge >= 0.3 is 12.0 Å². The topological polar surface area (TPSA) is 104 Å². The SMILES string of the molecule is CCC1CCC(NC(=O)Nc2ncccn2)(C(=O)O)CC1. The van der Waals surface area contributed by atoms with Gasteiger partial charge in [0.05, 0.1) is 0 Å². The lowest BCUT2D eigenvalue weighted by Gasteiger charge is -2.37. The average molecular weight is 292 g/mol. The standard InChI is InChI=1S/C14H20N4O3/c1-2-10-4-6-14(7-5-10,11(19)20)18-13(21)17-12-15-8-3-9-16-12/h3,8-10H,2,4-7H2,1H3,(H,19,20)(H2,15,16,17,18,21). The number of urea groups is 1. The molecule has 0 unspecified atom stereocenters. The van der Waals surface area contributed by atoms with E-state index in [1.807, 2.05) is 0 Å². The highest BCUT2D eigenvalue weighted by Crippen LogP contribution is 2.34. The number of anilines is 1. The van der Waals surface area contributed by atoms with Crippen LogP contribution in [0.4, 0.5) is 10.7 Å². The van der Waals surface area contributed by atoms with Gasteiger partial charge < -0.3 is 10.4 Å². The number of carbonyl (C=O) groups excluding carboxylic acids is 1. The Morgan fingerprint density at radius 3 is 2.48 bits per heavy atom. The number of carboxylic acids is 1. The second-order valence-electron chi connectivity index (χ2n) is 5.39. The van der Waals surface area contributed by atoms with E-state index >= 15 is 0 Å². The van der Waals surface area contributed by atoms with Gasteiger partial charge in [-0.15, -0.1) is 0 Å². The molecule has 0 aliphatic heterocycles. The van der Waals surface area contributed by atoms with E-state index in [1.54, 1.807) is 6.07 Å². The van der Waals surface area contributed by atoms with E-state index in [0.29, 0.717) is 18.8 Å². The Morgan fingerprint density at radius 2 is 1.95 bits per heavy atom. The summed E-state index contributed by atoms with van der Waals surface area (Å²) in [7, 11) is 0. The summed E-state index contributed by atoms with van der Waals surface area (Å²) in [5.74, 6) is -0.293. The third kappa shape index (κ3) is 3.68. The largest absolute Gasteiger partial charge is 0.480 e. The lowest BCUT2D eigenvalue weighted by atomic mass is 9.75. The number of rotatable bonds is 4. The van der Waals surface area contributed by atoms with Crippen LogP contribution in [0.15, 0.2) is 18.5 Å². The molecular weight excluding hydrogens is 272 g/mol. The maximum Gasteiger partial charge on any atom is 0.329 e. The fourth-order valence-corrected chi connectivity index (χ4v) is 2.68. The van der Waals surface area contributed by atoms with E-state index in [0.717, 1.165) is 19.3 Å². The molecule has 0 spiro atoms. The minimum absolute atomic E-state index is 0.151. The van der Waals surface area contributed by atoms with Crippen LogP contribution in [0.1, 0.15) is 39.0 Å². The minimum atomic E-state index is -1.19. The highest BCUT2D eigenvalue weighted by atomic mass is 16.4. The second kappa shape index (κ2) is 6.51. The lowest BCUT2D eigenvalue weighted by molar-refractivity contribution is -0.146. The van der Waals surface area contributed by atoms with Crippen molar-refractivity contribution in [2.45, 2.75) is 44.6 Å². The van der Waals surface area contributed by atoms with Crippen molar-refractivity contribution >= 4 is 17.9 Å². The van der Waals surface area contributed by atoms with Crippen LogP contribution in [0.3, 0.4) is 0 Å². The summed E-state index contributed by atoms with van der Waals surface area (Å²) >= 11 is 0. The first-order chi connectivity index (χ1) is 10.1. The van der Waals surface area contributed by atoms with Gasteiger partial charge in [-0.2, -0.15) is 0 Å². The summed E-state index contributed by atoms with van der Waals surface area (Å²) in [6, 6.07) is 1.05. The number of hydrogen-bond donors (Lipinski definition) is 3. The van der Waals surface area contributed by atoms with Gasteiger partial charge in [0.1, 0.15) is 5.54 Å². The maximum atomic E-state index is 12.0. The lowest BCUT2D eigenvalue weighted by Crippen LogP contribution is -2.57. The van der Waals surface area contributed by atoms with Gasteiger partial charge in [0, 0.05) is 12.4 Å². The number of hydrogen-bond acceptors (Lipinski definition) is 4. The molecule has 21 heavy (non-hydrogen) atoms. The van der Waals surface area contributed by atoms with Crippen molar-refractivity contribution in [1.82, 2.24) is 15.3 Å². The molecule has 1 aliphatic rings. The zero-order valence-electron chi connectivity index (χ0n) is 12.0. The average Bonchev–Trinajstić information content (AvgIpc) is 2.48. The summed E-state index contributed by atoms with van der Waals surface area (Å²) < 4.78 is 0. The number of aliphatic carboxylic acids is 1. The van der Waals surface area contributed by atoms with Crippen LogP contribution >= 0.6 is 0 Å². The highest BCUT2D eigenvalue weighted by molar-refractivity contribution is 5.92. The molecule has 7 heteroatoms. The van der Waals surface area contributed by atoms with Gasteiger partial charge in [0.2, 0.25) is 5.95 Å². The van der Waals surface area contributed by atoms with E-state index in [1.165, 1.54) is 12.4 Å². The van der Waals surface area contributed by atoms with Crippen LogP contribution in [0.5, 0.6) is 0 Å². The molecule has 3 N–H and O–H groups in total. The van der Waals surface area contributed by atoms with Crippen LogP contribution in [0.2, 0.25) is 0 Å². The Bertz CT molecular complexity index is 498. The number of nitrogens with zero attached hydrogens (tertiary/aromatic N) is 2. The van der Waals surface area contributed by atoms with Gasteiger partial charge in [-0.1, -0.05) is 13.3 Å². The zero-order chi connectivity index (χ0) is 15.3. The molecule has 7 nitrogen and oxygen atoms in total. The number of carbonyl (C=O) groups is 2. The first-order valence-electron chi connectivity index (χ1n) is 7.15. The molecule has 1 fully saturated rings. The van der Waals surface area contributed by atoms with Crippen molar-refractivity contribution in [2.75, 3.05) is 5.32 Å². The van der Waals surface area contributed by atoms with Crippen molar-refractivity contribution in [3.8, 4) is 0 Å². The van der Waals surface area contributed by atoms with Gasteiger partial charge in [0.15, 0.2) is 0 Å². The predicted molar refractivity (Wildman–Crippen MR) is 76.8 cm³/mol. The van der Waals surface area contributed by atoms with Crippen molar-refractivity contribution in [1.29, 1.82) is 0 Å². The Balaban J connectivity index is 2.00. The molecule has 1 aliphatic carbocycles. The fraction of sp³-hybridized carbons (Fsp3) is 0.571. The van der Waals surface area contributed by atoms with E-state index in [4.69, 9.17) is 0 Å². The third-order valence-corrected chi connectivity index (χ3v) is 4.09. The van der Waals surface area contributed by atoms with Crippen molar-refractivity contribution in [2.24, 2.45) is 5.92 Å². The van der Waals surface area contributed by atoms with Crippen LogP contribution in [-0.4, -0.2) is 32.6 Å². The van der Waals surface area contributed by atoms with Crippen LogP contribution in [-0.2, 0) is 4.79 Å². The third-order valence-electron chi connectivity index (χ3n) is 4.09. The minimum Gasteiger partial charge on any atom is -0.480 e. The Kier molecular flexibility index (Phi) is 4.72. The van der Waals surface area contributed by atoms with Gasteiger partial charge in [-0.05, 0) is 37.7 Å². The molecule has 1 heterocycles. The molecule has 0 aromatic carbocycles. The van der Waals surface area contributed by atoms with E-state index in [2.05, 4.69) is 27.5 Å². The maximum absolute atomic E-state index is 12.0. The molecule has 0 atom stereocenters. The van der Waals surface area contributed by atoms with Crippen LogP contribution in [0, 0.1) is 5.92 Å². The number of aromatic nitrogens is 2. The first-order valence-corrected chi connectivity index (χ1v) is 7.15. The van der Waals surface area contributed by atoms with Gasteiger partial charge in [0.25, 0.3) is 0 Å². The van der Waals surface area contributed by atoms with Crippen molar-refractivity contribution in [3.63, 3.8) is 0 Å². The van der Waals surface area contributed by atoms with Gasteiger partial charge in [-0.3, -0.25) is 5.32 Å². The highest BCUT2D eigenvalue weighted by Gasteiger charge is 2.43. The fourth-order valence-electron chi connectivity index (χ4n) is 2.68. The van der Waals surface area contributed by atoms with E-state index in [-0.39, 0.29) is 5.95 Å². The molecule has 1 saturated carbocycles. The van der Waals surface area contributed by atoms with E-state index < -0.39 is 17.5 Å². The van der Waals surface area contributed by atoms with Crippen molar-refractivity contribution in [3.05, 3.63) is 18.5 Å². The molecule has 2 rings (SSSR count). The zero-order valence-corrected chi connectivity index (χ0v) is 12.0. The normalized spacial score (nSPS) is 25.1. The molecule has 0 bridgehead atoms. The van der Waals surface area contributed by atoms with Crippen LogP contribution < -0.4 is 10.6 Å². The Hall–Kier alpha value is -2.18. The molecule has 0 saturated heterocycles. The molecular formula is C14H20N4O3. The number of nitrogens with one attached hydrogen (secondary N) is 2. The van der Waals surface area contributed by atoms with E-state index in [9.17, 15) is 14.7 Å². The summed E-state index contributed by atoms with van der Waals surface area (Å²) in [4.78, 5) is 31.3. The summed E-state index contributed by atoms with van der Waals surface area (Å²) in [6.45, 7) is 2.10. The first kappa shape index (κ1) is 15.2. The Morgan fingerprint density at radius 1 is 1.33 bits per heavy atom. The molecule has 1 aromatic heterocycles. The molecule has 114 valence electrons. The molecule has 2 amide bonds. The van der Waals surface area contributed by atoms with Crippen LogP contribution in [0.25, 0.3) is 0 Å². The van der Waals surface area contributed by atoms with Gasteiger partial charge in [-0.25, -0.2) is 19.6 Å². The monoisotopic (exact) mass is 292 g/mol. The number of carboxylic acid groups (broad SMARTS) is 1. The second-order valence-corrected chi connectivity index (χ2v) is 5.39. The Labute approximate surface area is 123 Å². The smallest absolute Gasteiger partial charge is 0.329 e. The summed E-state index contributed by atoms with van der Waals surface area (Å²) in [6.07, 6.45) is 6.56. The molecule has 0 radical (unpaired) electrons. The number of amides is 2. The molecule has 1 aromatic rings.